The van der Waals surface area contributed by atoms with E-state index in [1.807, 2.05) is 4.90 Å². The SMILES string of the molecule is O=CN1CCCCC1.[HH].c1ccc2c(c1)CCC21CCNCC1. The monoisotopic (exact) mass is 302 g/mol. The van der Waals surface area contributed by atoms with Gasteiger partial charge in [0.25, 0.3) is 0 Å². The molecule has 3 heteroatoms. The number of nitrogens with zero attached hydrogens (tertiary/aromatic N) is 1. The van der Waals surface area contributed by atoms with Crippen LogP contribution in [0, 0.1) is 0 Å². The number of amides is 1. The molecule has 1 aromatic rings. The molecule has 3 aliphatic rings. The molecule has 1 N–H and O–H groups in total. The van der Waals surface area contributed by atoms with Gasteiger partial charge in [0.2, 0.25) is 6.41 Å². The average molecular weight is 302 g/mol. The van der Waals surface area contributed by atoms with Crippen LogP contribution in [0.1, 0.15) is 51.1 Å². The van der Waals surface area contributed by atoms with Crippen LogP contribution in [0.25, 0.3) is 0 Å². The molecule has 22 heavy (non-hydrogen) atoms. The Morgan fingerprint density at radius 2 is 1.77 bits per heavy atom. The molecule has 122 valence electrons. The van der Waals surface area contributed by atoms with Crippen molar-refractivity contribution in [1.82, 2.24) is 10.2 Å². The lowest BCUT2D eigenvalue weighted by Gasteiger charge is -2.34. The number of likely N-dealkylation sites (tertiary alicyclic amines) is 1. The van der Waals surface area contributed by atoms with E-state index in [-0.39, 0.29) is 1.43 Å². The van der Waals surface area contributed by atoms with Gasteiger partial charge in [-0.2, -0.15) is 0 Å². The molecule has 0 bridgehead atoms. The fourth-order valence-corrected chi connectivity index (χ4v) is 4.21. The van der Waals surface area contributed by atoms with Crippen LogP contribution in [0.5, 0.6) is 0 Å². The maximum Gasteiger partial charge on any atom is 0.209 e. The molecule has 2 heterocycles. The first kappa shape index (κ1) is 15.5. The van der Waals surface area contributed by atoms with E-state index in [4.69, 9.17) is 0 Å². The number of carbonyl (C=O) groups is 1. The first-order valence-corrected chi connectivity index (χ1v) is 8.83. The van der Waals surface area contributed by atoms with Crippen molar-refractivity contribution < 1.29 is 6.22 Å². The van der Waals surface area contributed by atoms with Crippen LogP contribution in [-0.4, -0.2) is 37.5 Å². The second-order valence-electron chi connectivity index (χ2n) is 6.89. The molecule has 2 fully saturated rings. The molecule has 0 aromatic heterocycles. The Bertz CT molecular complexity index is 488. The van der Waals surface area contributed by atoms with E-state index < -0.39 is 0 Å². The number of rotatable bonds is 1. The Morgan fingerprint density at radius 1 is 1.05 bits per heavy atom. The molecule has 4 rings (SSSR count). The summed E-state index contributed by atoms with van der Waals surface area (Å²) in [6.07, 6.45) is 9.99. The molecule has 0 unspecified atom stereocenters. The molecule has 0 atom stereocenters. The Morgan fingerprint density at radius 3 is 2.45 bits per heavy atom. The second-order valence-corrected chi connectivity index (χ2v) is 6.89. The highest BCUT2D eigenvalue weighted by Crippen LogP contribution is 2.44. The Balaban J connectivity index is 0.000000185. The van der Waals surface area contributed by atoms with E-state index in [1.54, 1.807) is 11.1 Å². The van der Waals surface area contributed by atoms with Crippen LogP contribution < -0.4 is 5.32 Å². The third-order valence-corrected chi connectivity index (χ3v) is 5.56. The summed E-state index contributed by atoms with van der Waals surface area (Å²) in [7, 11) is 0. The van der Waals surface area contributed by atoms with Crippen LogP contribution in [0.15, 0.2) is 24.3 Å². The summed E-state index contributed by atoms with van der Waals surface area (Å²) in [5, 5.41) is 3.47. The predicted molar refractivity (Wildman–Crippen MR) is 92.1 cm³/mol. The van der Waals surface area contributed by atoms with Gasteiger partial charge < -0.3 is 10.2 Å². The third-order valence-electron chi connectivity index (χ3n) is 5.56. The number of fused-ring (bicyclic) bond motifs is 2. The number of aryl methyl sites for hydroxylation is 1. The van der Waals surface area contributed by atoms with Crippen molar-refractivity contribution in [1.29, 1.82) is 0 Å². The van der Waals surface area contributed by atoms with Gasteiger partial charge in [-0.25, -0.2) is 0 Å². The van der Waals surface area contributed by atoms with Crippen molar-refractivity contribution in [2.24, 2.45) is 0 Å². The lowest BCUT2D eigenvalue weighted by atomic mass is 9.74. The minimum absolute atomic E-state index is 0. The van der Waals surface area contributed by atoms with Gasteiger partial charge in [0, 0.05) is 14.5 Å². The molecule has 3 nitrogen and oxygen atoms in total. The highest BCUT2D eigenvalue weighted by molar-refractivity contribution is 5.46. The zero-order valence-electron chi connectivity index (χ0n) is 13.5. The standard InChI is InChI=1S/C13H17N.C6H11NO.H2/c1-2-4-12-11(3-1)5-6-13(12)7-9-14-10-8-13;8-6-7-4-2-1-3-5-7;/h1-4,14H,5-10H2;6H,1-5H2;1H. The van der Waals surface area contributed by atoms with Gasteiger partial charge in [-0.1, -0.05) is 24.3 Å². The predicted octanol–water partition coefficient (Wildman–Crippen LogP) is 3.13. The molecule has 2 aliphatic heterocycles. The summed E-state index contributed by atoms with van der Waals surface area (Å²) in [5.41, 5.74) is 3.80. The number of nitrogens with one attached hydrogen (secondary N) is 1. The van der Waals surface area contributed by atoms with E-state index in [9.17, 15) is 4.79 Å². The van der Waals surface area contributed by atoms with Crippen molar-refractivity contribution in [3.05, 3.63) is 35.4 Å². The lowest BCUT2D eigenvalue weighted by Crippen LogP contribution is -2.38. The first-order chi connectivity index (χ1) is 10.8. The largest absolute Gasteiger partial charge is 0.345 e. The van der Waals surface area contributed by atoms with Crippen molar-refractivity contribution in [2.45, 2.75) is 50.4 Å². The number of carbonyl (C=O) groups excluding carboxylic acids is 1. The van der Waals surface area contributed by atoms with Crippen LogP contribution in [-0.2, 0) is 16.6 Å². The number of hydrogen-bond donors (Lipinski definition) is 1. The Hall–Kier alpha value is -1.35. The van der Waals surface area contributed by atoms with Crippen LogP contribution in [0.4, 0.5) is 0 Å². The van der Waals surface area contributed by atoms with Crippen molar-refractivity contribution in [3.8, 4) is 0 Å². The third kappa shape index (κ3) is 3.35. The summed E-state index contributed by atoms with van der Waals surface area (Å²) >= 11 is 0. The van der Waals surface area contributed by atoms with E-state index in [2.05, 4.69) is 29.6 Å². The minimum Gasteiger partial charge on any atom is -0.345 e. The van der Waals surface area contributed by atoms with Gasteiger partial charge in [-0.05, 0) is 74.6 Å². The van der Waals surface area contributed by atoms with Gasteiger partial charge >= 0.3 is 0 Å². The maximum atomic E-state index is 10.1. The van der Waals surface area contributed by atoms with Gasteiger partial charge in [-0.3, -0.25) is 4.79 Å². The quantitative estimate of drug-likeness (QED) is 0.808. The highest BCUT2D eigenvalue weighted by Gasteiger charge is 2.38. The van der Waals surface area contributed by atoms with Gasteiger partial charge in [0.1, 0.15) is 0 Å². The van der Waals surface area contributed by atoms with Crippen LogP contribution in [0.2, 0.25) is 0 Å². The smallest absolute Gasteiger partial charge is 0.209 e. The second kappa shape index (κ2) is 7.28. The van der Waals surface area contributed by atoms with E-state index in [1.165, 1.54) is 58.0 Å². The highest BCUT2D eigenvalue weighted by atomic mass is 16.1. The van der Waals surface area contributed by atoms with Gasteiger partial charge in [0.15, 0.2) is 0 Å². The Kier molecular flexibility index (Phi) is 5.14. The first-order valence-electron chi connectivity index (χ1n) is 8.83. The molecule has 1 aliphatic carbocycles. The topological polar surface area (TPSA) is 32.3 Å². The number of benzene rings is 1. The summed E-state index contributed by atoms with van der Waals surface area (Å²) in [6.45, 7) is 4.36. The van der Waals surface area contributed by atoms with E-state index >= 15 is 0 Å². The van der Waals surface area contributed by atoms with Crippen LogP contribution >= 0.6 is 0 Å². The normalized spacial score (nSPS) is 22.6. The lowest BCUT2D eigenvalue weighted by molar-refractivity contribution is -0.118. The molecule has 1 amide bonds. The van der Waals surface area contributed by atoms with E-state index in [0.29, 0.717) is 5.41 Å². The Labute approximate surface area is 135 Å². The van der Waals surface area contributed by atoms with Crippen molar-refractivity contribution in [2.75, 3.05) is 26.2 Å². The maximum absolute atomic E-state index is 10.1. The zero-order chi connectivity index (χ0) is 15.3. The molecular formula is C19H30N2O. The average Bonchev–Trinajstić information content (AvgIpc) is 2.96. The number of hydrogen-bond acceptors (Lipinski definition) is 2. The molecule has 1 aromatic carbocycles. The van der Waals surface area contributed by atoms with Crippen molar-refractivity contribution in [3.63, 3.8) is 0 Å². The van der Waals surface area contributed by atoms with E-state index in [0.717, 1.165) is 19.5 Å². The van der Waals surface area contributed by atoms with Gasteiger partial charge in [-0.15, -0.1) is 0 Å². The number of piperidine rings is 2. The fourth-order valence-electron chi connectivity index (χ4n) is 4.21. The summed E-state index contributed by atoms with van der Waals surface area (Å²) < 4.78 is 0. The molecule has 0 radical (unpaired) electrons. The minimum atomic E-state index is 0. The molecule has 0 saturated carbocycles. The molecule has 1 spiro atoms. The summed E-state index contributed by atoms with van der Waals surface area (Å²) in [4.78, 5) is 11.9. The van der Waals surface area contributed by atoms with Crippen molar-refractivity contribution >= 4 is 6.41 Å². The van der Waals surface area contributed by atoms with Crippen LogP contribution in [0.3, 0.4) is 0 Å². The molecular weight excluding hydrogens is 272 g/mol. The summed E-state index contributed by atoms with van der Waals surface area (Å²) in [5.74, 6) is 0. The van der Waals surface area contributed by atoms with Gasteiger partial charge in [0.05, 0.1) is 0 Å². The molecule has 2 saturated heterocycles. The summed E-state index contributed by atoms with van der Waals surface area (Å²) in [6, 6.07) is 9.05. The zero-order valence-corrected chi connectivity index (χ0v) is 13.5. The fraction of sp³-hybridized carbons (Fsp3) is 0.632.